The number of rotatable bonds is 5. The molecule has 0 radical (unpaired) electrons. The van der Waals surface area contributed by atoms with Crippen LogP contribution in [0.25, 0.3) is 4.83 Å². The van der Waals surface area contributed by atoms with Gasteiger partial charge in [-0.25, -0.2) is 4.79 Å². The fraction of sp³-hybridized carbons (Fsp3) is 0.143. The van der Waals surface area contributed by atoms with Gasteiger partial charge in [-0.3, -0.25) is 23.5 Å². The molecule has 0 aliphatic rings. The maximum atomic E-state index is 13.0. The summed E-state index contributed by atoms with van der Waals surface area (Å²) in [6, 6.07) is 11.1. The molecule has 0 fully saturated rings. The van der Waals surface area contributed by atoms with Crippen LogP contribution in [0.15, 0.2) is 69.1 Å². The van der Waals surface area contributed by atoms with Gasteiger partial charge in [0.05, 0.1) is 6.54 Å². The molecule has 4 rings (SSSR count). The first-order chi connectivity index (χ1) is 14.4. The van der Waals surface area contributed by atoms with Crippen LogP contribution in [0.5, 0.6) is 0 Å². The number of nitrogens with one attached hydrogen (secondary N) is 1. The van der Waals surface area contributed by atoms with Gasteiger partial charge in [0, 0.05) is 35.2 Å². The number of carbonyl (C=O) groups is 1. The summed E-state index contributed by atoms with van der Waals surface area (Å²) in [5, 5.41) is 2.82. The fourth-order valence-corrected chi connectivity index (χ4v) is 4.32. The van der Waals surface area contributed by atoms with E-state index in [9.17, 15) is 14.4 Å². The van der Waals surface area contributed by atoms with Gasteiger partial charge in [-0.15, -0.1) is 11.3 Å². The van der Waals surface area contributed by atoms with E-state index in [4.69, 9.17) is 0 Å². The van der Waals surface area contributed by atoms with E-state index < -0.39 is 5.69 Å². The van der Waals surface area contributed by atoms with Crippen molar-refractivity contribution in [2.75, 3.05) is 0 Å². The molecular formula is C21H17BrN4O3S. The van der Waals surface area contributed by atoms with E-state index in [1.165, 1.54) is 15.2 Å². The van der Waals surface area contributed by atoms with Gasteiger partial charge < -0.3 is 5.32 Å². The lowest BCUT2D eigenvalue weighted by molar-refractivity contribution is 0.0954. The quantitative estimate of drug-likeness (QED) is 0.471. The SMILES string of the molecule is Cc1c(=O)n(Cc2ccc(Br)cc2)c(=O)n2cc(C(=O)NCc3cccnc3)sc12. The van der Waals surface area contributed by atoms with E-state index in [1.54, 1.807) is 25.4 Å². The number of nitrogens with zero attached hydrogens (tertiary/aromatic N) is 3. The predicted octanol–water partition coefficient (Wildman–Crippen LogP) is 2.97. The molecule has 3 heterocycles. The molecule has 0 unspecified atom stereocenters. The number of aromatic nitrogens is 3. The number of fused-ring (bicyclic) bond motifs is 1. The van der Waals surface area contributed by atoms with Crippen LogP contribution in [-0.4, -0.2) is 19.9 Å². The molecule has 30 heavy (non-hydrogen) atoms. The highest BCUT2D eigenvalue weighted by atomic mass is 79.9. The number of carbonyl (C=O) groups excluding carboxylic acids is 1. The van der Waals surface area contributed by atoms with Crippen molar-refractivity contribution in [3.63, 3.8) is 0 Å². The number of amides is 1. The molecule has 0 aliphatic carbocycles. The van der Waals surface area contributed by atoms with E-state index in [0.717, 1.165) is 26.9 Å². The molecule has 0 aliphatic heterocycles. The maximum Gasteiger partial charge on any atom is 0.336 e. The molecule has 0 saturated carbocycles. The van der Waals surface area contributed by atoms with E-state index in [-0.39, 0.29) is 18.0 Å². The van der Waals surface area contributed by atoms with Gasteiger partial charge >= 0.3 is 5.69 Å². The van der Waals surface area contributed by atoms with Crippen LogP contribution in [0.2, 0.25) is 0 Å². The zero-order valence-corrected chi connectivity index (χ0v) is 18.4. The van der Waals surface area contributed by atoms with Crippen molar-refractivity contribution in [3.8, 4) is 0 Å². The van der Waals surface area contributed by atoms with Crippen molar-refractivity contribution in [2.24, 2.45) is 0 Å². The van der Waals surface area contributed by atoms with E-state index in [1.807, 2.05) is 30.3 Å². The Kier molecular flexibility index (Phi) is 5.65. The van der Waals surface area contributed by atoms with Gasteiger partial charge in [-0.05, 0) is 36.2 Å². The van der Waals surface area contributed by atoms with Crippen molar-refractivity contribution in [2.45, 2.75) is 20.0 Å². The Hall–Kier alpha value is -3.04. The lowest BCUT2D eigenvalue weighted by Gasteiger charge is -2.07. The van der Waals surface area contributed by atoms with Crippen molar-refractivity contribution >= 4 is 38.0 Å². The first-order valence-corrected chi connectivity index (χ1v) is 10.7. The van der Waals surface area contributed by atoms with Gasteiger partial charge in [-0.1, -0.05) is 34.1 Å². The molecule has 0 atom stereocenters. The van der Waals surface area contributed by atoms with Crippen LogP contribution in [0.3, 0.4) is 0 Å². The molecule has 9 heteroatoms. The van der Waals surface area contributed by atoms with E-state index in [2.05, 4.69) is 26.2 Å². The topological polar surface area (TPSA) is 85.5 Å². The minimum Gasteiger partial charge on any atom is -0.347 e. The third-order valence-corrected chi connectivity index (χ3v) is 6.38. The Bertz CT molecular complexity index is 1340. The molecular weight excluding hydrogens is 468 g/mol. The number of pyridine rings is 1. The minimum absolute atomic E-state index is 0.160. The number of halogens is 1. The van der Waals surface area contributed by atoms with Crippen LogP contribution in [0.1, 0.15) is 26.4 Å². The number of aryl methyl sites for hydroxylation is 1. The zero-order valence-electron chi connectivity index (χ0n) is 16.0. The van der Waals surface area contributed by atoms with Crippen molar-refractivity contribution < 1.29 is 4.79 Å². The molecule has 1 aromatic carbocycles. The largest absolute Gasteiger partial charge is 0.347 e. The molecule has 0 spiro atoms. The predicted molar refractivity (Wildman–Crippen MR) is 119 cm³/mol. The normalized spacial score (nSPS) is 11.0. The van der Waals surface area contributed by atoms with Crippen LogP contribution in [-0.2, 0) is 13.1 Å². The number of hydrogen-bond acceptors (Lipinski definition) is 5. The molecule has 4 aromatic rings. The first kappa shape index (κ1) is 20.2. The van der Waals surface area contributed by atoms with Crippen molar-refractivity contribution in [3.05, 3.63) is 102 Å². The number of hydrogen-bond donors (Lipinski definition) is 1. The Balaban J connectivity index is 1.67. The lowest BCUT2D eigenvalue weighted by atomic mass is 10.2. The van der Waals surface area contributed by atoms with Gasteiger partial charge in [0.2, 0.25) is 0 Å². The smallest absolute Gasteiger partial charge is 0.336 e. The second kappa shape index (κ2) is 8.37. The monoisotopic (exact) mass is 484 g/mol. The van der Waals surface area contributed by atoms with Crippen molar-refractivity contribution in [1.29, 1.82) is 0 Å². The second-order valence-electron chi connectivity index (χ2n) is 6.74. The third-order valence-electron chi connectivity index (χ3n) is 4.65. The summed E-state index contributed by atoms with van der Waals surface area (Å²) < 4.78 is 3.48. The van der Waals surface area contributed by atoms with Gasteiger partial charge in [-0.2, -0.15) is 0 Å². The summed E-state index contributed by atoms with van der Waals surface area (Å²) in [6.45, 7) is 2.15. The Morgan fingerprint density at radius 2 is 1.93 bits per heavy atom. The van der Waals surface area contributed by atoms with E-state index >= 15 is 0 Å². The standard InChI is InChI=1S/C21H17BrN4O3S/c1-13-19(28)25(11-14-4-6-16(22)7-5-14)21(29)26-12-17(30-20(13)26)18(27)24-10-15-3-2-8-23-9-15/h2-9,12H,10-11H2,1H3,(H,24,27). The summed E-state index contributed by atoms with van der Waals surface area (Å²) in [4.78, 5) is 43.2. The van der Waals surface area contributed by atoms with Crippen molar-refractivity contribution in [1.82, 2.24) is 19.3 Å². The van der Waals surface area contributed by atoms with Crippen LogP contribution >= 0.6 is 27.3 Å². The molecule has 152 valence electrons. The average molecular weight is 485 g/mol. The number of benzene rings is 1. The first-order valence-electron chi connectivity index (χ1n) is 9.11. The molecule has 0 bridgehead atoms. The van der Waals surface area contributed by atoms with Gasteiger partial charge in [0.25, 0.3) is 11.5 Å². The highest BCUT2D eigenvalue weighted by Gasteiger charge is 2.17. The summed E-state index contributed by atoms with van der Waals surface area (Å²) in [6.07, 6.45) is 4.83. The molecule has 1 amide bonds. The van der Waals surface area contributed by atoms with Crippen LogP contribution in [0, 0.1) is 6.92 Å². The minimum atomic E-state index is -0.467. The molecule has 7 nitrogen and oxygen atoms in total. The van der Waals surface area contributed by atoms with Gasteiger partial charge in [0.1, 0.15) is 9.71 Å². The summed E-state index contributed by atoms with van der Waals surface area (Å²) in [5.41, 5.74) is 1.32. The highest BCUT2D eigenvalue weighted by molar-refractivity contribution is 9.10. The summed E-state index contributed by atoms with van der Waals surface area (Å²) in [5.74, 6) is -0.307. The van der Waals surface area contributed by atoms with Crippen LogP contribution in [0.4, 0.5) is 0 Å². The van der Waals surface area contributed by atoms with E-state index in [0.29, 0.717) is 21.8 Å². The third kappa shape index (κ3) is 3.99. The summed E-state index contributed by atoms with van der Waals surface area (Å²) >= 11 is 4.50. The lowest BCUT2D eigenvalue weighted by Crippen LogP contribution is -2.38. The molecule has 1 N–H and O–H groups in total. The zero-order chi connectivity index (χ0) is 21.3. The molecule has 0 saturated heterocycles. The Labute approximate surface area is 183 Å². The maximum absolute atomic E-state index is 13.0. The van der Waals surface area contributed by atoms with Crippen LogP contribution < -0.4 is 16.6 Å². The summed E-state index contributed by atoms with van der Waals surface area (Å²) in [7, 11) is 0. The molecule has 3 aromatic heterocycles. The average Bonchev–Trinajstić information content (AvgIpc) is 3.21. The fourth-order valence-electron chi connectivity index (χ4n) is 3.05. The Morgan fingerprint density at radius 1 is 1.17 bits per heavy atom. The Morgan fingerprint density at radius 3 is 2.63 bits per heavy atom. The van der Waals surface area contributed by atoms with Gasteiger partial charge in [0.15, 0.2) is 0 Å². The second-order valence-corrected chi connectivity index (χ2v) is 8.69. The highest BCUT2D eigenvalue weighted by Crippen LogP contribution is 2.18. The number of thiazole rings is 1.